The number of halogens is 1. The number of ether oxygens (including phenoxy) is 1. The van der Waals surface area contributed by atoms with Gasteiger partial charge in [-0.3, -0.25) is 9.98 Å². The fraction of sp³-hybridized carbons (Fsp3) is 0.333. The zero-order valence-electron chi connectivity index (χ0n) is 14.2. The number of guanidine groups is 1. The van der Waals surface area contributed by atoms with Gasteiger partial charge in [-0.25, -0.2) is 0 Å². The molecule has 0 aliphatic heterocycles. The number of nitrogens with zero attached hydrogens (tertiary/aromatic N) is 2. The van der Waals surface area contributed by atoms with Gasteiger partial charge in [0, 0.05) is 32.5 Å². The molecule has 130 valence electrons. The maximum Gasteiger partial charge on any atom is 0.190 e. The Balaban J connectivity index is 0.00000288. The summed E-state index contributed by atoms with van der Waals surface area (Å²) in [6.07, 6.45) is 5.48. The molecule has 1 heterocycles. The van der Waals surface area contributed by atoms with Gasteiger partial charge in [0.05, 0.1) is 7.11 Å². The summed E-state index contributed by atoms with van der Waals surface area (Å²) in [5, 5.41) is 6.64. The SMILES string of the molecule is CN=C(NCCc1cccnc1)NCCc1ccccc1OC.I. The number of para-hydroxylation sites is 1. The topological polar surface area (TPSA) is 58.5 Å². The molecule has 0 bridgehead atoms. The maximum absolute atomic E-state index is 5.36. The van der Waals surface area contributed by atoms with E-state index in [1.807, 2.05) is 30.5 Å². The van der Waals surface area contributed by atoms with Crippen LogP contribution in [0.3, 0.4) is 0 Å². The Labute approximate surface area is 161 Å². The van der Waals surface area contributed by atoms with Gasteiger partial charge < -0.3 is 15.4 Å². The van der Waals surface area contributed by atoms with Crippen molar-refractivity contribution in [2.24, 2.45) is 4.99 Å². The maximum atomic E-state index is 5.36. The van der Waals surface area contributed by atoms with Gasteiger partial charge in [-0.05, 0) is 36.1 Å². The molecule has 6 heteroatoms. The minimum Gasteiger partial charge on any atom is -0.496 e. The second-order valence-electron chi connectivity index (χ2n) is 5.10. The Hall–Kier alpha value is -1.83. The molecule has 0 unspecified atom stereocenters. The van der Waals surface area contributed by atoms with Crippen LogP contribution in [0.2, 0.25) is 0 Å². The van der Waals surface area contributed by atoms with E-state index in [2.05, 4.69) is 32.7 Å². The van der Waals surface area contributed by atoms with E-state index >= 15 is 0 Å². The van der Waals surface area contributed by atoms with Gasteiger partial charge >= 0.3 is 0 Å². The highest BCUT2D eigenvalue weighted by atomic mass is 127. The number of aromatic nitrogens is 1. The monoisotopic (exact) mass is 440 g/mol. The molecule has 24 heavy (non-hydrogen) atoms. The Morgan fingerprint density at radius 3 is 2.50 bits per heavy atom. The smallest absolute Gasteiger partial charge is 0.190 e. The molecule has 1 aromatic heterocycles. The van der Waals surface area contributed by atoms with Crippen molar-refractivity contribution in [3.05, 3.63) is 59.9 Å². The zero-order valence-corrected chi connectivity index (χ0v) is 16.5. The van der Waals surface area contributed by atoms with Crippen molar-refractivity contribution in [1.82, 2.24) is 15.6 Å². The molecular formula is C18H25IN4O. The first-order valence-electron chi connectivity index (χ1n) is 7.79. The van der Waals surface area contributed by atoms with Crippen molar-refractivity contribution >= 4 is 29.9 Å². The largest absolute Gasteiger partial charge is 0.496 e. The van der Waals surface area contributed by atoms with Crippen molar-refractivity contribution in [2.45, 2.75) is 12.8 Å². The quantitative estimate of drug-likeness (QED) is 0.395. The highest BCUT2D eigenvalue weighted by Crippen LogP contribution is 2.17. The number of rotatable bonds is 7. The minimum atomic E-state index is 0. The van der Waals surface area contributed by atoms with Crippen LogP contribution in [0.25, 0.3) is 0 Å². The number of hydrogen-bond donors (Lipinski definition) is 2. The molecule has 5 nitrogen and oxygen atoms in total. The molecule has 0 radical (unpaired) electrons. The molecular weight excluding hydrogens is 415 g/mol. The Bertz CT molecular complexity index is 619. The summed E-state index contributed by atoms with van der Waals surface area (Å²) < 4.78 is 5.36. The molecule has 2 aromatic rings. The van der Waals surface area contributed by atoms with Crippen molar-refractivity contribution in [3.63, 3.8) is 0 Å². The van der Waals surface area contributed by atoms with Crippen LogP contribution in [0.1, 0.15) is 11.1 Å². The standard InChI is InChI=1S/C18H24N4O.HI/c1-19-18(21-12-9-15-6-5-11-20-14-15)22-13-10-16-7-3-4-8-17(16)23-2;/h3-8,11,14H,9-10,12-13H2,1-2H3,(H2,19,21,22);1H. The van der Waals surface area contributed by atoms with Crippen LogP contribution < -0.4 is 15.4 Å². The summed E-state index contributed by atoms with van der Waals surface area (Å²) in [4.78, 5) is 8.36. The number of pyridine rings is 1. The van der Waals surface area contributed by atoms with Crippen molar-refractivity contribution in [1.29, 1.82) is 0 Å². The summed E-state index contributed by atoms with van der Waals surface area (Å²) >= 11 is 0. The molecule has 1 aromatic carbocycles. The van der Waals surface area contributed by atoms with Gasteiger partial charge in [0.15, 0.2) is 5.96 Å². The lowest BCUT2D eigenvalue weighted by atomic mass is 10.1. The van der Waals surface area contributed by atoms with E-state index in [0.29, 0.717) is 0 Å². The third kappa shape index (κ3) is 6.74. The predicted molar refractivity (Wildman–Crippen MR) is 109 cm³/mol. The van der Waals surface area contributed by atoms with Gasteiger partial charge in [-0.1, -0.05) is 24.3 Å². The zero-order chi connectivity index (χ0) is 16.3. The Morgan fingerprint density at radius 2 is 1.83 bits per heavy atom. The summed E-state index contributed by atoms with van der Waals surface area (Å²) in [5.41, 5.74) is 2.40. The minimum absolute atomic E-state index is 0. The molecule has 0 spiro atoms. The van der Waals surface area contributed by atoms with Crippen LogP contribution in [0.5, 0.6) is 5.75 Å². The van der Waals surface area contributed by atoms with E-state index in [1.165, 1.54) is 11.1 Å². The van der Waals surface area contributed by atoms with Gasteiger partial charge in [0.25, 0.3) is 0 Å². The highest BCUT2D eigenvalue weighted by Gasteiger charge is 2.02. The summed E-state index contributed by atoms with van der Waals surface area (Å²) in [6.45, 7) is 1.62. The van der Waals surface area contributed by atoms with Crippen LogP contribution in [-0.2, 0) is 12.8 Å². The van der Waals surface area contributed by atoms with Crippen LogP contribution >= 0.6 is 24.0 Å². The normalized spacial score (nSPS) is 10.7. The highest BCUT2D eigenvalue weighted by molar-refractivity contribution is 14.0. The van der Waals surface area contributed by atoms with E-state index in [1.54, 1.807) is 20.4 Å². The fourth-order valence-electron chi connectivity index (χ4n) is 2.32. The van der Waals surface area contributed by atoms with Gasteiger partial charge in [-0.2, -0.15) is 0 Å². The second-order valence-corrected chi connectivity index (χ2v) is 5.10. The third-order valence-corrected chi connectivity index (χ3v) is 3.53. The number of hydrogen-bond acceptors (Lipinski definition) is 3. The molecule has 2 N–H and O–H groups in total. The van der Waals surface area contributed by atoms with E-state index in [0.717, 1.165) is 37.6 Å². The summed E-state index contributed by atoms with van der Waals surface area (Å²) in [6, 6.07) is 12.1. The van der Waals surface area contributed by atoms with Gasteiger partial charge in [0.2, 0.25) is 0 Å². The lowest BCUT2D eigenvalue weighted by Gasteiger charge is -2.13. The first kappa shape index (κ1) is 20.2. The van der Waals surface area contributed by atoms with Gasteiger partial charge in [-0.15, -0.1) is 24.0 Å². The molecule has 0 fully saturated rings. The number of benzene rings is 1. The van der Waals surface area contributed by atoms with E-state index in [4.69, 9.17) is 4.74 Å². The number of aliphatic imine (C=N–C) groups is 1. The van der Waals surface area contributed by atoms with Crippen molar-refractivity contribution < 1.29 is 4.74 Å². The average Bonchev–Trinajstić information content (AvgIpc) is 2.61. The molecule has 0 aliphatic carbocycles. The lowest BCUT2D eigenvalue weighted by molar-refractivity contribution is 0.409. The predicted octanol–water partition coefficient (Wildman–Crippen LogP) is 2.66. The Kier molecular flexibility index (Phi) is 9.83. The third-order valence-electron chi connectivity index (χ3n) is 3.53. The molecule has 0 amide bonds. The number of methoxy groups -OCH3 is 1. The average molecular weight is 440 g/mol. The van der Waals surface area contributed by atoms with Crippen molar-refractivity contribution in [3.8, 4) is 5.75 Å². The van der Waals surface area contributed by atoms with E-state index in [9.17, 15) is 0 Å². The first-order valence-corrected chi connectivity index (χ1v) is 7.79. The lowest BCUT2D eigenvalue weighted by Crippen LogP contribution is -2.39. The van der Waals surface area contributed by atoms with Crippen LogP contribution in [-0.4, -0.2) is 38.2 Å². The van der Waals surface area contributed by atoms with Crippen LogP contribution in [0, 0.1) is 0 Å². The number of nitrogens with one attached hydrogen (secondary N) is 2. The fourth-order valence-corrected chi connectivity index (χ4v) is 2.32. The van der Waals surface area contributed by atoms with Gasteiger partial charge in [0.1, 0.15) is 5.75 Å². The Morgan fingerprint density at radius 1 is 1.08 bits per heavy atom. The molecule has 0 saturated heterocycles. The molecule has 0 aliphatic rings. The van der Waals surface area contributed by atoms with E-state index < -0.39 is 0 Å². The van der Waals surface area contributed by atoms with Crippen molar-refractivity contribution in [2.75, 3.05) is 27.2 Å². The van der Waals surface area contributed by atoms with Crippen LogP contribution in [0.15, 0.2) is 53.8 Å². The molecule has 0 atom stereocenters. The second kappa shape index (κ2) is 11.7. The van der Waals surface area contributed by atoms with E-state index in [-0.39, 0.29) is 24.0 Å². The first-order chi connectivity index (χ1) is 11.3. The molecule has 0 saturated carbocycles. The summed E-state index contributed by atoms with van der Waals surface area (Å²) in [7, 11) is 3.48. The van der Waals surface area contributed by atoms with Crippen LogP contribution in [0.4, 0.5) is 0 Å². The summed E-state index contributed by atoms with van der Waals surface area (Å²) in [5.74, 6) is 1.73. The molecule has 2 rings (SSSR count).